The number of ether oxygens (including phenoxy) is 1. The van der Waals surface area contributed by atoms with E-state index in [1.807, 2.05) is 41.8 Å². The molecule has 2 heterocycles. The number of carbonyl (C=O) groups is 1. The van der Waals surface area contributed by atoms with E-state index in [2.05, 4.69) is 21.7 Å². The van der Waals surface area contributed by atoms with Crippen LogP contribution in [0.1, 0.15) is 12.0 Å². The molecule has 0 radical (unpaired) electrons. The summed E-state index contributed by atoms with van der Waals surface area (Å²) in [7, 11) is 1.65. The van der Waals surface area contributed by atoms with E-state index in [4.69, 9.17) is 4.74 Å². The average molecular weight is 351 g/mol. The number of nitrogens with one attached hydrogen (secondary N) is 2. The van der Waals surface area contributed by atoms with Crippen LogP contribution in [0.25, 0.3) is 11.3 Å². The highest BCUT2D eigenvalue weighted by Crippen LogP contribution is 2.31. The summed E-state index contributed by atoms with van der Waals surface area (Å²) in [4.78, 5) is 16.1. The molecule has 0 unspecified atom stereocenters. The third-order valence-corrected chi connectivity index (χ3v) is 4.88. The fourth-order valence-electron chi connectivity index (χ4n) is 2.83. The predicted octanol–water partition coefficient (Wildman–Crippen LogP) is 4.45. The lowest BCUT2D eigenvalue weighted by Gasteiger charge is -2.17. The zero-order valence-electron chi connectivity index (χ0n) is 13.7. The minimum absolute atomic E-state index is 0.0821. The summed E-state index contributed by atoms with van der Waals surface area (Å²) in [6.45, 7) is 0. The first kappa shape index (κ1) is 15.7. The number of hydrogen-bond donors (Lipinski definition) is 2. The topological polar surface area (TPSA) is 63.2 Å². The van der Waals surface area contributed by atoms with Gasteiger partial charge in [0.25, 0.3) is 0 Å². The fourth-order valence-corrected chi connectivity index (χ4v) is 3.57. The van der Waals surface area contributed by atoms with Crippen molar-refractivity contribution < 1.29 is 9.53 Å². The van der Waals surface area contributed by atoms with Crippen molar-refractivity contribution in [3.63, 3.8) is 0 Å². The monoisotopic (exact) mass is 351 g/mol. The van der Waals surface area contributed by atoms with E-state index in [1.165, 1.54) is 0 Å². The van der Waals surface area contributed by atoms with E-state index in [1.54, 1.807) is 18.4 Å². The molecule has 25 heavy (non-hydrogen) atoms. The van der Waals surface area contributed by atoms with Gasteiger partial charge < -0.3 is 15.4 Å². The molecule has 0 atom stereocenters. The molecule has 0 fully saturated rings. The van der Waals surface area contributed by atoms with Crippen molar-refractivity contribution in [1.82, 2.24) is 4.98 Å². The van der Waals surface area contributed by atoms with Crippen molar-refractivity contribution in [3.8, 4) is 17.0 Å². The van der Waals surface area contributed by atoms with Gasteiger partial charge in [0.15, 0.2) is 5.13 Å². The van der Waals surface area contributed by atoms with Gasteiger partial charge in [0.2, 0.25) is 5.91 Å². The van der Waals surface area contributed by atoms with Crippen molar-refractivity contribution in [3.05, 3.63) is 53.4 Å². The number of hydrogen-bond acceptors (Lipinski definition) is 5. The molecule has 2 N–H and O–H groups in total. The number of aryl methyl sites for hydroxylation is 1. The number of amides is 1. The number of nitrogens with zero attached hydrogens (tertiary/aromatic N) is 1. The van der Waals surface area contributed by atoms with Gasteiger partial charge >= 0.3 is 0 Å². The second-order valence-corrected chi connectivity index (χ2v) is 6.67. The molecule has 1 aromatic heterocycles. The van der Waals surface area contributed by atoms with Crippen LogP contribution < -0.4 is 15.4 Å². The highest BCUT2D eigenvalue weighted by Gasteiger charge is 2.16. The van der Waals surface area contributed by atoms with Crippen LogP contribution in [-0.2, 0) is 11.2 Å². The molecule has 0 saturated carbocycles. The predicted molar refractivity (Wildman–Crippen MR) is 101 cm³/mol. The lowest BCUT2D eigenvalue weighted by molar-refractivity contribution is -0.116. The first-order valence-corrected chi connectivity index (χ1v) is 8.89. The van der Waals surface area contributed by atoms with Crippen LogP contribution in [0.3, 0.4) is 0 Å². The van der Waals surface area contributed by atoms with Crippen LogP contribution in [0.15, 0.2) is 47.8 Å². The minimum atomic E-state index is 0.0821. The van der Waals surface area contributed by atoms with E-state index in [9.17, 15) is 4.79 Å². The van der Waals surface area contributed by atoms with Gasteiger partial charge in [-0.2, -0.15) is 0 Å². The molecule has 0 aliphatic carbocycles. The van der Waals surface area contributed by atoms with Crippen LogP contribution in [0.2, 0.25) is 0 Å². The quantitative estimate of drug-likeness (QED) is 0.729. The van der Waals surface area contributed by atoms with E-state index in [-0.39, 0.29) is 5.91 Å². The number of benzene rings is 2. The van der Waals surface area contributed by atoms with Gasteiger partial charge in [0.1, 0.15) is 5.75 Å². The van der Waals surface area contributed by atoms with E-state index in [0.29, 0.717) is 6.42 Å². The molecule has 2 aromatic carbocycles. The van der Waals surface area contributed by atoms with Crippen molar-refractivity contribution in [2.45, 2.75) is 12.8 Å². The van der Waals surface area contributed by atoms with E-state index < -0.39 is 0 Å². The second kappa shape index (κ2) is 6.57. The molecule has 1 aliphatic rings. The summed E-state index contributed by atoms with van der Waals surface area (Å²) in [6, 6.07) is 13.8. The summed E-state index contributed by atoms with van der Waals surface area (Å²) in [5.74, 6) is 0.886. The Morgan fingerprint density at radius 1 is 1.20 bits per heavy atom. The molecule has 3 aromatic rings. The summed E-state index contributed by atoms with van der Waals surface area (Å²) in [5, 5.41) is 9.08. The first-order chi connectivity index (χ1) is 12.2. The van der Waals surface area contributed by atoms with Gasteiger partial charge in [0, 0.05) is 34.8 Å². The van der Waals surface area contributed by atoms with Gasteiger partial charge in [-0.3, -0.25) is 4.79 Å². The molecule has 126 valence electrons. The molecular weight excluding hydrogens is 334 g/mol. The fraction of sp³-hybridized carbons (Fsp3) is 0.158. The Bertz CT molecular complexity index is 936. The summed E-state index contributed by atoms with van der Waals surface area (Å²) in [5.41, 5.74) is 4.99. The van der Waals surface area contributed by atoms with Crippen molar-refractivity contribution in [1.29, 1.82) is 0 Å². The van der Waals surface area contributed by atoms with Gasteiger partial charge in [-0.25, -0.2) is 4.98 Å². The van der Waals surface area contributed by atoms with Gasteiger partial charge in [-0.15, -0.1) is 11.3 Å². The van der Waals surface area contributed by atoms with Crippen LogP contribution in [0.5, 0.6) is 5.75 Å². The summed E-state index contributed by atoms with van der Waals surface area (Å²) < 4.78 is 5.24. The Kier molecular flexibility index (Phi) is 4.11. The number of aromatic nitrogens is 1. The third-order valence-electron chi connectivity index (χ3n) is 4.12. The zero-order valence-corrected chi connectivity index (χ0v) is 14.5. The maximum atomic E-state index is 11.5. The van der Waals surface area contributed by atoms with Crippen molar-refractivity contribution in [2.24, 2.45) is 0 Å². The Morgan fingerprint density at radius 2 is 2.12 bits per heavy atom. The highest BCUT2D eigenvalue weighted by atomic mass is 32.1. The number of rotatable bonds is 4. The molecular formula is C19H17N3O2S. The molecule has 0 bridgehead atoms. The van der Waals surface area contributed by atoms with E-state index >= 15 is 0 Å². The third kappa shape index (κ3) is 3.34. The van der Waals surface area contributed by atoms with Crippen LogP contribution in [-0.4, -0.2) is 18.0 Å². The van der Waals surface area contributed by atoms with Gasteiger partial charge in [-0.1, -0.05) is 12.1 Å². The molecule has 0 saturated heterocycles. The Balaban J connectivity index is 1.56. The SMILES string of the molecule is COc1cccc(Nc2nc(-c3ccc4c(c3)CCC(=O)N4)cs2)c1. The minimum Gasteiger partial charge on any atom is -0.497 e. The molecule has 1 aliphatic heterocycles. The molecule has 6 heteroatoms. The van der Waals surface area contributed by atoms with Gasteiger partial charge in [-0.05, 0) is 36.2 Å². The summed E-state index contributed by atoms with van der Waals surface area (Å²) >= 11 is 1.56. The second-order valence-electron chi connectivity index (χ2n) is 5.81. The number of carbonyl (C=O) groups excluding carboxylic acids is 1. The van der Waals surface area contributed by atoms with Crippen LogP contribution in [0, 0.1) is 0 Å². The summed E-state index contributed by atoms with van der Waals surface area (Å²) in [6.07, 6.45) is 1.31. The number of thiazole rings is 1. The molecule has 4 rings (SSSR count). The Labute approximate surface area is 149 Å². The lowest BCUT2D eigenvalue weighted by atomic mass is 9.99. The maximum Gasteiger partial charge on any atom is 0.224 e. The standard InChI is InChI=1S/C19H17N3O2S/c1-24-15-4-2-3-14(10-15)20-19-22-17(11-25-19)13-5-7-16-12(9-13)6-8-18(23)21-16/h2-5,7,9-11H,6,8H2,1H3,(H,20,22)(H,21,23). The Morgan fingerprint density at radius 3 is 3.00 bits per heavy atom. The van der Waals surface area contributed by atoms with Crippen LogP contribution in [0.4, 0.5) is 16.5 Å². The van der Waals surface area contributed by atoms with Crippen molar-refractivity contribution in [2.75, 3.05) is 17.7 Å². The van der Waals surface area contributed by atoms with Crippen LogP contribution >= 0.6 is 11.3 Å². The number of methoxy groups -OCH3 is 1. The average Bonchev–Trinajstić information content (AvgIpc) is 3.10. The number of anilines is 3. The zero-order chi connectivity index (χ0) is 17.2. The van der Waals surface area contributed by atoms with Crippen molar-refractivity contribution >= 4 is 33.8 Å². The largest absolute Gasteiger partial charge is 0.497 e. The maximum absolute atomic E-state index is 11.5. The molecule has 1 amide bonds. The number of fused-ring (bicyclic) bond motifs is 1. The normalized spacial score (nSPS) is 13.1. The smallest absolute Gasteiger partial charge is 0.224 e. The molecule has 0 spiro atoms. The lowest BCUT2D eigenvalue weighted by Crippen LogP contribution is -2.18. The first-order valence-electron chi connectivity index (χ1n) is 8.01. The Hall–Kier alpha value is -2.86. The van der Waals surface area contributed by atoms with E-state index in [0.717, 1.165) is 45.5 Å². The highest BCUT2D eigenvalue weighted by molar-refractivity contribution is 7.14. The van der Waals surface area contributed by atoms with Gasteiger partial charge in [0.05, 0.1) is 12.8 Å². The molecule has 5 nitrogen and oxygen atoms in total.